The zero-order chi connectivity index (χ0) is 16.6. The maximum atomic E-state index is 6.64. The van der Waals surface area contributed by atoms with E-state index in [1.54, 1.807) is 0 Å². The van der Waals surface area contributed by atoms with Crippen LogP contribution in [-0.2, 0) is 5.41 Å². The standard InChI is InChI=1S/C19H13ClN2O3/c20-12-2-1-3-13-17(12)19(18-21-4-5-22(13)18)10-25-14-9-16-15(8-11(14)19)23-6-7-24-16/h1-5,8-9H,6-7,10H2. The summed E-state index contributed by atoms with van der Waals surface area (Å²) in [5, 5.41) is 0.717. The number of rotatable bonds is 0. The summed E-state index contributed by atoms with van der Waals surface area (Å²) < 4.78 is 19.7. The van der Waals surface area contributed by atoms with Gasteiger partial charge in [-0.2, -0.15) is 0 Å². The molecule has 3 aliphatic heterocycles. The third-order valence-electron chi connectivity index (χ3n) is 5.25. The largest absolute Gasteiger partial charge is 0.491 e. The van der Waals surface area contributed by atoms with Crippen LogP contribution < -0.4 is 14.2 Å². The number of fused-ring (bicyclic) bond motifs is 8. The first-order valence-electron chi connectivity index (χ1n) is 8.19. The van der Waals surface area contributed by atoms with E-state index in [0.717, 1.165) is 39.9 Å². The summed E-state index contributed by atoms with van der Waals surface area (Å²) in [5.74, 6) is 3.19. The SMILES string of the molecule is Clc1cccc2c1C1(COc3cc4c(cc31)OCCO4)c1nccn1-2. The highest BCUT2D eigenvalue weighted by Gasteiger charge is 2.54. The summed E-state index contributed by atoms with van der Waals surface area (Å²) in [6.45, 7) is 1.56. The van der Waals surface area contributed by atoms with Crippen LogP contribution in [0.2, 0.25) is 5.02 Å². The molecule has 0 fully saturated rings. The second-order valence-corrected chi connectivity index (χ2v) is 6.85. The quantitative estimate of drug-likeness (QED) is 0.622. The Morgan fingerprint density at radius 3 is 2.76 bits per heavy atom. The van der Waals surface area contributed by atoms with Crippen molar-refractivity contribution in [1.82, 2.24) is 9.55 Å². The third kappa shape index (κ3) is 1.53. The molecule has 6 rings (SSSR count). The zero-order valence-electron chi connectivity index (χ0n) is 13.2. The van der Waals surface area contributed by atoms with Gasteiger partial charge in [-0.15, -0.1) is 0 Å². The Hall–Kier alpha value is -2.66. The molecule has 124 valence electrons. The fourth-order valence-electron chi connectivity index (χ4n) is 4.24. The van der Waals surface area contributed by atoms with E-state index < -0.39 is 5.41 Å². The number of nitrogens with zero attached hydrogens (tertiary/aromatic N) is 2. The molecule has 0 radical (unpaired) electrons. The maximum Gasteiger partial charge on any atom is 0.165 e. The summed E-state index contributed by atoms with van der Waals surface area (Å²) in [4.78, 5) is 4.65. The number of aromatic nitrogens is 2. The van der Waals surface area contributed by atoms with Crippen LogP contribution in [0.4, 0.5) is 0 Å². The molecule has 2 aromatic carbocycles. The molecule has 0 amide bonds. The lowest BCUT2D eigenvalue weighted by atomic mass is 9.76. The average molecular weight is 353 g/mol. The summed E-state index contributed by atoms with van der Waals surface area (Å²) in [6.07, 6.45) is 3.78. The Morgan fingerprint density at radius 1 is 1.04 bits per heavy atom. The van der Waals surface area contributed by atoms with Crippen molar-refractivity contribution in [2.45, 2.75) is 5.41 Å². The monoisotopic (exact) mass is 352 g/mol. The highest BCUT2D eigenvalue weighted by atomic mass is 35.5. The summed E-state index contributed by atoms with van der Waals surface area (Å²) in [5.41, 5.74) is 2.58. The van der Waals surface area contributed by atoms with Crippen LogP contribution in [0.1, 0.15) is 17.0 Å². The first-order valence-corrected chi connectivity index (χ1v) is 8.57. The molecule has 0 aliphatic carbocycles. The van der Waals surface area contributed by atoms with Crippen LogP contribution in [-0.4, -0.2) is 29.4 Å². The Balaban J connectivity index is 1.70. The van der Waals surface area contributed by atoms with Crippen LogP contribution in [0.5, 0.6) is 17.2 Å². The maximum absolute atomic E-state index is 6.64. The van der Waals surface area contributed by atoms with Gasteiger partial charge in [0.05, 0.1) is 5.69 Å². The predicted octanol–water partition coefficient (Wildman–Crippen LogP) is 3.34. The molecule has 1 atom stereocenters. The minimum atomic E-state index is -0.525. The fourth-order valence-corrected chi connectivity index (χ4v) is 4.57. The number of halogens is 1. The van der Waals surface area contributed by atoms with Crippen molar-refractivity contribution in [3.05, 3.63) is 64.7 Å². The molecule has 4 heterocycles. The van der Waals surface area contributed by atoms with Gasteiger partial charge in [0.15, 0.2) is 11.5 Å². The van der Waals surface area contributed by atoms with E-state index in [9.17, 15) is 0 Å². The molecule has 0 bridgehead atoms. The highest BCUT2D eigenvalue weighted by Crippen LogP contribution is 2.56. The van der Waals surface area contributed by atoms with Gasteiger partial charge in [0, 0.05) is 34.6 Å². The average Bonchev–Trinajstić information content (AvgIpc) is 3.30. The predicted molar refractivity (Wildman–Crippen MR) is 91.4 cm³/mol. The van der Waals surface area contributed by atoms with Gasteiger partial charge in [0.2, 0.25) is 0 Å². The van der Waals surface area contributed by atoms with E-state index in [1.807, 2.05) is 36.7 Å². The summed E-state index contributed by atoms with van der Waals surface area (Å²) in [6, 6.07) is 9.89. The molecule has 0 saturated carbocycles. The van der Waals surface area contributed by atoms with E-state index in [2.05, 4.69) is 15.6 Å². The molecule has 6 heteroatoms. The molecular formula is C19H13ClN2O3. The molecule has 3 aliphatic rings. The zero-order valence-corrected chi connectivity index (χ0v) is 13.9. The number of benzene rings is 2. The highest BCUT2D eigenvalue weighted by molar-refractivity contribution is 6.32. The number of hydrogen-bond donors (Lipinski definition) is 0. The topological polar surface area (TPSA) is 45.5 Å². The van der Waals surface area contributed by atoms with Gasteiger partial charge in [0.25, 0.3) is 0 Å². The normalized spacial score (nSPS) is 21.6. The van der Waals surface area contributed by atoms with Gasteiger partial charge >= 0.3 is 0 Å². The lowest BCUT2D eigenvalue weighted by Crippen LogP contribution is -2.30. The van der Waals surface area contributed by atoms with Crippen LogP contribution in [0.25, 0.3) is 5.69 Å². The van der Waals surface area contributed by atoms with Crippen molar-refractivity contribution in [2.75, 3.05) is 19.8 Å². The Labute approximate surface area is 148 Å². The van der Waals surface area contributed by atoms with Crippen LogP contribution in [0, 0.1) is 0 Å². The van der Waals surface area contributed by atoms with Crippen molar-refractivity contribution in [3.8, 4) is 22.9 Å². The van der Waals surface area contributed by atoms with Gasteiger partial charge in [-0.25, -0.2) is 4.98 Å². The number of hydrogen-bond acceptors (Lipinski definition) is 4. The molecule has 0 N–H and O–H groups in total. The molecule has 25 heavy (non-hydrogen) atoms. The summed E-state index contributed by atoms with van der Waals surface area (Å²) >= 11 is 6.64. The van der Waals surface area contributed by atoms with E-state index in [1.165, 1.54) is 0 Å². The van der Waals surface area contributed by atoms with Crippen molar-refractivity contribution < 1.29 is 14.2 Å². The first kappa shape index (κ1) is 13.6. The molecule has 1 unspecified atom stereocenters. The Morgan fingerprint density at radius 2 is 1.88 bits per heavy atom. The van der Waals surface area contributed by atoms with E-state index in [0.29, 0.717) is 24.8 Å². The Bertz CT molecular complexity index is 1050. The van der Waals surface area contributed by atoms with Gasteiger partial charge in [0.1, 0.15) is 36.8 Å². The van der Waals surface area contributed by atoms with E-state index >= 15 is 0 Å². The minimum absolute atomic E-state index is 0.457. The van der Waals surface area contributed by atoms with Gasteiger partial charge in [-0.3, -0.25) is 0 Å². The second-order valence-electron chi connectivity index (χ2n) is 6.44. The van der Waals surface area contributed by atoms with Crippen molar-refractivity contribution in [1.29, 1.82) is 0 Å². The molecule has 0 saturated heterocycles. The molecule has 1 spiro atoms. The van der Waals surface area contributed by atoms with Crippen molar-refractivity contribution in [3.63, 3.8) is 0 Å². The van der Waals surface area contributed by atoms with Crippen molar-refractivity contribution in [2.24, 2.45) is 0 Å². The van der Waals surface area contributed by atoms with Crippen LogP contribution >= 0.6 is 11.6 Å². The minimum Gasteiger partial charge on any atom is -0.491 e. The molecule has 3 aromatic rings. The van der Waals surface area contributed by atoms with E-state index in [4.69, 9.17) is 25.8 Å². The molecule has 1 aromatic heterocycles. The Kier molecular flexibility index (Phi) is 2.44. The smallest absolute Gasteiger partial charge is 0.165 e. The number of ether oxygens (including phenoxy) is 3. The lowest BCUT2D eigenvalue weighted by molar-refractivity contribution is 0.171. The first-order chi connectivity index (χ1) is 12.3. The third-order valence-corrected chi connectivity index (χ3v) is 5.56. The second kappa shape index (κ2) is 4.49. The summed E-state index contributed by atoms with van der Waals surface area (Å²) in [7, 11) is 0. The molecular weight excluding hydrogens is 340 g/mol. The fraction of sp³-hybridized carbons (Fsp3) is 0.211. The number of imidazole rings is 1. The van der Waals surface area contributed by atoms with Crippen molar-refractivity contribution >= 4 is 11.6 Å². The van der Waals surface area contributed by atoms with Gasteiger partial charge in [-0.05, 0) is 18.2 Å². The molecule has 5 nitrogen and oxygen atoms in total. The lowest BCUT2D eigenvalue weighted by Gasteiger charge is -2.25. The van der Waals surface area contributed by atoms with Gasteiger partial charge < -0.3 is 18.8 Å². The van der Waals surface area contributed by atoms with E-state index in [-0.39, 0.29) is 0 Å². The van der Waals surface area contributed by atoms with Gasteiger partial charge in [-0.1, -0.05) is 17.7 Å². The van der Waals surface area contributed by atoms with Crippen LogP contribution in [0.3, 0.4) is 0 Å². The van der Waals surface area contributed by atoms with Crippen LogP contribution in [0.15, 0.2) is 42.7 Å².